The van der Waals surface area contributed by atoms with Crippen molar-refractivity contribution in [2.75, 3.05) is 12.5 Å². The summed E-state index contributed by atoms with van der Waals surface area (Å²) in [5.74, 6) is -0.142. The lowest BCUT2D eigenvalue weighted by atomic mass is 10.2. The fraction of sp³-hybridized carbons (Fsp3) is 0.417. The van der Waals surface area contributed by atoms with Gasteiger partial charge in [0.1, 0.15) is 5.94 Å². The monoisotopic (exact) mass is 254 g/mol. The van der Waals surface area contributed by atoms with E-state index < -0.39 is 16.8 Å². The largest absolute Gasteiger partial charge is 0.478 e. The van der Waals surface area contributed by atoms with Crippen LogP contribution in [-0.2, 0) is 15.5 Å². The average molecular weight is 254 g/mol. The normalized spacial score (nSPS) is 16.7. The number of aromatic carboxylic acids is 1. The molecule has 92 valence electrons. The van der Waals surface area contributed by atoms with Crippen molar-refractivity contribution in [1.82, 2.24) is 0 Å². The molecule has 1 atom stereocenters. The predicted molar refractivity (Wildman–Crippen MR) is 63.4 cm³/mol. The molecule has 0 radical (unpaired) electrons. The first-order chi connectivity index (χ1) is 8.16. The van der Waals surface area contributed by atoms with Gasteiger partial charge < -0.3 is 9.84 Å². The van der Waals surface area contributed by atoms with Crippen LogP contribution in [0, 0.1) is 5.92 Å². The van der Waals surface area contributed by atoms with Crippen LogP contribution in [0.1, 0.15) is 23.2 Å². The number of hydrogen-bond donors (Lipinski definition) is 1. The molecular formula is C12H14O4S. The number of carboxylic acid groups (broad SMARTS) is 1. The summed E-state index contributed by atoms with van der Waals surface area (Å²) in [4.78, 5) is 11.2. The zero-order chi connectivity index (χ0) is 12.3. The number of rotatable bonds is 6. The van der Waals surface area contributed by atoms with Crippen LogP contribution >= 0.6 is 0 Å². The maximum Gasteiger partial charge on any atom is 0.335 e. The van der Waals surface area contributed by atoms with Gasteiger partial charge in [-0.15, -0.1) is 0 Å². The topological polar surface area (TPSA) is 63.6 Å². The summed E-state index contributed by atoms with van der Waals surface area (Å²) in [5.41, 5.74) is 0.199. The molecule has 0 bridgehead atoms. The SMILES string of the molecule is O=C(O)c1ccc(S(=O)COCC2CC2)cc1. The van der Waals surface area contributed by atoms with Crippen molar-refractivity contribution >= 4 is 16.8 Å². The summed E-state index contributed by atoms with van der Waals surface area (Å²) >= 11 is 0. The van der Waals surface area contributed by atoms with E-state index in [1.54, 1.807) is 12.1 Å². The van der Waals surface area contributed by atoms with E-state index in [0.717, 1.165) is 0 Å². The fourth-order valence-electron chi connectivity index (χ4n) is 1.39. The summed E-state index contributed by atoms with van der Waals surface area (Å²) in [6.45, 7) is 0.680. The van der Waals surface area contributed by atoms with Gasteiger partial charge in [-0.05, 0) is 43.0 Å². The van der Waals surface area contributed by atoms with Crippen molar-refractivity contribution in [1.29, 1.82) is 0 Å². The van der Waals surface area contributed by atoms with Crippen LogP contribution in [0.5, 0.6) is 0 Å². The Bertz CT molecular complexity index is 423. The predicted octanol–water partition coefficient (Wildman–Crippen LogP) is 1.88. The Balaban J connectivity index is 1.86. The van der Waals surface area contributed by atoms with Crippen LogP contribution in [0.2, 0.25) is 0 Å². The van der Waals surface area contributed by atoms with Gasteiger partial charge in [0.05, 0.1) is 23.0 Å². The smallest absolute Gasteiger partial charge is 0.335 e. The number of carbonyl (C=O) groups is 1. The maximum atomic E-state index is 11.8. The highest BCUT2D eigenvalue weighted by Crippen LogP contribution is 2.28. The molecule has 4 nitrogen and oxygen atoms in total. The van der Waals surface area contributed by atoms with E-state index in [9.17, 15) is 9.00 Å². The Morgan fingerprint density at radius 3 is 2.53 bits per heavy atom. The van der Waals surface area contributed by atoms with Gasteiger partial charge >= 0.3 is 5.97 Å². The lowest BCUT2D eigenvalue weighted by Gasteiger charge is -2.04. The summed E-state index contributed by atoms with van der Waals surface area (Å²) in [7, 11) is -1.21. The van der Waals surface area contributed by atoms with Crippen molar-refractivity contribution in [3.63, 3.8) is 0 Å². The fourth-order valence-corrected chi connectivity index (χ4v) is 2.22. The van der Waals surface area contributed by atoms with E-state index in [1.807, 2.05) is 0 Å². The number of benzene rings is 1. The molecule has 1 aliphatic rings. The standard InChI is InChI=1S/C12H14O4S/c13-12(14)10-3-5-11(6-4-10)17(15)8-16-7-9-1-2-9/h3-6,9H,1-2,7-8H2,(H,13,14). The third-order valence-electron chi connectivity index (χ3n) is 2.61. The Hall–Kier alpha value is -1.20. The Morgan fingerprint density at radius 2 is 2.00 bits per heavy atom. The second-order valence-electron chi connectivity index (χ2n) is 4.11. The van der Waals surface area contributed by atoms with E-state index in [2.05, 4.69) is 0 Å². The van der Waals surface area contributed by atoms with E-state index in [1.165, 1.54) is 25.0 Å². The van der Waals surface area contributed by atoms with Crippen LogP contribution in [0.15, 0.2) is 29.2 Å². The number of hydrogen-bond acceptors (Lipinski definition) is 3. The molecule has 1 aromatic rings. The van der Waals surface area contributed by atoms with Crippen LogP contribution in [0.4, 0.5) is 0 Å². The molecule has 5 heteroatoms. The molecule has 1 saturated carbocycles. The van der Waals surface area contributed by atoms with Crippen molar-refractivity contribution in [3.05, 3.63) is 29.8 Å². The van der Waals surface area contributed by atoms with E-state index in [4.69, 9.17) is 9.84 Å². The summed E-state index contributed by atoms with van der Waals surface area (Å²) in [6.07, 6.45) is 2.42. The average Bonchev–Trinajstić information content (AvgIpc) is 3.13. The summed E-state index contributed by atoms with van der Waals surface area (Å²) in [5, 5.41) is 8.72. The molecule has 2 rings (SSSR count). The molecule has 1 aliphatic carbocycles. The Kier molecular flexibility index (Phi) is 3.91. The molecule has 0 spiro atoms. The first kappa shape index (κ1) is 12.3. The third kappa shape index (κ3) is 3.64. The minimum Gasteiger partial charge on any atom is -0.478 e. The molecule has 17 heavy (non-hydrogen) atoms. The molecule has 1 N–H and O–H groups in total. The number of ether oxygens (including phenoxy) is 1. The minimum atomic E-state index is -1.21. The van der Waals surface area contributed by atoms with Gasteiger partial charge in [-0.1, -0.05) is 0 Å². The van der Waals surface area contributed by atoms with Gasteiger partial charge in [-0.25, -0.2) is 4.79 Å². The zero-order valence-corrected chi connectivity index (χ0v) is 10.1. The molecule has 0 aliphatic heterocycles. The molecule has 0 aromatic heterocycles. The zero-order valence-electron chi connectivity index (χ0n) is 9.30. The van der Waals surface area contributed by atoms with Gasteiger partial charge in [0.15, 0.2) is 0 Å². The molecule has 0 heterocycles. The van der Waals surface area contributed by atoms with E-state index >= 15 is 0 Å². The molecule has 1 unspecified atom stereocenters. The van der Waals surface area contributed by atoms with Gasteiger partial charge in [0.2, 0.25) is 0 Å². The second-order valence-corrected chi connectivity index (χ2v) is 5.51. The lowest BCUT2D eigenvalue weighted by Crippen LogP contribution is -2.05. The van der Waals surface area contributed by atoms with Gasteiger partial charge in [0, 0.05) is 4.90 Å². The molecule has 0 saturated heterocycles. The van der Waals surface area contributed by atoms with Gasteiger partial charge in [0.25, 0.3) is 0 Å². The first-order valence-corrected chi connectivity index (χ1v) is 6.78. The Labute approximate surface area is 102 Å². The summed E-state index contributed by atoms with van der Waals surface area (Å²) in [6, 6.07) is 6.05. The lowest BCUT2D eigenvalue weighted by molar-refractivity contribution is 0.0697. The highest BCUT2D eigenvalue weighted by Gasteiger charge is 2.21. The van der Waals surface area contributed by atoms with Gasteiger partial charge in [-0.2, -0.15) is 0 Å². The molecule has 0 amide bonds. The van der Waals surface area contributed by atoms with Crippen molar-refractivity contribution in [2.24, 2.45) is 5.92 Å². The molecular weight excluding hydrogens is 240 g/mol. The third-order valence-corrected chi connectivity index (χ3v) is 3.78. The minimum absolute atomic E-state index is 0.183. The van der Waals surface area contributed by atoms with Gasteiger partial charge in [-0.3, -0.25) is 4.21 Å². The molecule has 1 fully saturated rings. The van der Waals surface area contributed by atoms with Crippen LogP contribution in [0.3, 0.4) is 0 Å². The Morgan fingerprint density at radius 1 is 1.35 bits per heavy atom. The van der Waals surface area contributed by atoms with Crippen LogP contribution in [0.25, 0.3) is 0 Å². The van der Waals surface area contributed by atoms with Crippen LogP contribution in [-0.4, -0.2) is 27.8 Å². The van der Waals surface area contributed by atoms with Crippen LogP contribution < -0.4 is 0 Å². The van der Waals surface area contributed by atoms with E-state index in [0.29, 0.717) is 17.4 Å². The molecule has 1 aromatic carbocycles. The highest BCUT2D eigenvalue weighted by molar-refractivity contribution is 7.84. The highest BCUT2D eigenvalue weighted by atomic mass is 32.2. The van der Waals surface area contributed by atoms with E-state index in [-0.39, 0.29) is 11.5 Å². The van der Waals surface area contributed by atoms with Crippen molar-refractivity contribution < 1.29 is 18.8 Å². The number of carboxylic acids is 1. The maximum absolute atomic E-state index is 11.8. The quantitative estimate of drug-likeness (QED) is 0.841. The van der Waals surface area contributed by atoms with Crippen molar-refractivity contribution in [2.45, 2.75) is 17.7 Å². The van der Waals surface area contributed by atoms with Crippen molar-refractivity contribution in [3.8, 4) is 0 Å². The first-order valence-electron chi connectivity index (χ1n) is 5.46. The second kappa shape index (κ2) is 5.42. The summed E-state index contributed by atoms with van der Waals surface area (Å²) < 4.78 is 17.1.